The molecule has 3 rings (SSSR count). The van der Waals surface area contributed by atoms with E-state index in [4.69, 9.17) is 9.47 Å². The second-order valence-electron chi connectivity index (χ2n) is 6.47. The van der Waals surface area contributed by atoms with Crippen molar-refractivity contribution < 1.29 is 27.2 Å². The number of sulfonamides is 1. The quantitative estimate of drug-likeness (QED) is 0.791. The van der Waals surface area contributed by atoms with Crippen LogP contribution in [-0.2, 0) is 16.6 Å². The van der Waals surface area contributed by atoms with Gasteiger partial charge < -0.3 is 14.4 Å². The van der Waals surface area contributed by atoms with Gasteiger partial charge in [0.1, 0.15) is 23.9 Å². The van der Waals surface area contributed by atoms with Gasteiger partial charge in [-0.15, -0.1) is 0 Å². The maximum absolute atomic E-state index is 13.4. The Morgan fingerprint density at radius 2 is 1.81 bits per heavy atom. The number of benzene rings is 2. The van der Waals surface area contributed by atoms with Crippen molar-refractivity contribution in [3.63, 3.8) is 0 Å². The predicted octanol–water partition coefficient (Wildman–Crippen LogP) is 0.932. The van der Waals surface area contributed by atoms with Gasteiger partial charge in [-0.05, 0) is 36.4 Å². The van der Waals surface area contributed by atoms with E-state index in [9.17, 15) is 12.8 Å². The Bertz CT molecular complexity index is 896. The zero-order valence-electron chi connectivity index (χ0n) is 15.4. The molecule has 0 unspecified atom stereocenters. The Kier molecular flexibility index (Phi) is 5.98. The van der Waals surface area contributed by atoms with Crippen molar-refractivity contribution in [1.29, 1.82) is 0 Å². The van der Waals surface area contributed by atoms with Gasteiger partial charge in [-0.3, -0.25) is 0 Å². The Morgan fingerprint density at radius 1 is 1.07 bits per heavy atom. The summed E-state index contributed by atoms with van der Waals surface area (Å²) < 4.78 is 50.9. The molecule has 0 atom stereocenters. The Balaban J connectivity index is 1.67. The predicted molar refractivity (Wildman–Crippen MR) is 99.1 cm³/mol. The van der Waals surface area contributed by atoms with Gasteiger partial charge in [-0.1, -0.05) is 6.07 Å². The lowest BCUT2D eigenvalue weighted by Crippen LogP contribution is -3.13. The van der Waals surface area contributed by atoms with Crippen LogP contribution < -0.4 is 14.4 Å². The van der Waals surface area contributed by atoms with Gasteiger partial charge in [-0.2, -0.15) is 4.31 Å². The normalized spacial score (nSPS) is 16.3. The Morgan fingerprint density at radius 3 is 2.44 bits per heavy atom. The zero-order valence-corrected chi connectivity index (χ0v) is 16.3. The molecule has 1 aliphatic heterocycles. The molecule has 0 aromatic heterocycles. The van der Waals surface area contributed by atoms with Crippen molar-refractivity contribution in [2.45, 2.75) is 11.4 Å². The molecule has 0 spiro atoms. The number of methoxy groups -OCH3 is 2. The summed E-state index contributed by atoms with van der Waals surface area (Å²) in [4.78, 5) is 1.26. The van der Waals surface area contributed by atoms with Crippen LogP contribution in [0.1, 0.15) is 5.56 Å². The van der Waals surface area contributed by atoms with E-state index in [1.165, 1.54) is 27.4 Å². The molecule has 0 saturated carbocycles. The highest BCUT2D eigenvalue weighted by Gasteiger charge is 2.31. The van der Waals surface area contributed by atoms with Crippen LogP contribution in [0.5, 0.6) is 11.5 Å². The highest BCUT2D eigenvalue weighted by molar-refractivity contribution is 7.89. The number of halogens is 1. The van der Waals surface area contributed by atoms with Crippen molar-refractivity contribution in [1.82, 2.24) is 4.31 Å². The molecule has 2 aromatic carbocycles. The lowest BCUT2D eigenvalue weighted by molar-refractivity contribution is -0.917. The molecule has 1 N–H and O–H groups in total. The minimum Gasteiger partial charge on any atom is -0.497 e. The fourth-order valence-corrected chi connectivity index (χ4v) is 4.76. The smallest absolute Gasteiger partial charge is 0.243 e. The third-order valence-corrected chi connectivity index (χ3v) is 6.69. The minimum absolute atomic E-state index is 0.000384. The van der Waals surface area contributed by atoms with Gasteiger partial charge in [0.05, 0.1) is 50.9 Å². The summed E-state index contributed by atoms with van der Waals surface area (Å²) in [5, 5.41) is 0. The third-order valence-electron chi connectivity index (χ3n) is 4.79. The van der Waals surface area contributed by atoms with E-state index in [2.05, 4.69) is 0 Å². The zero-order chi connectivity index (χ0) is 19.4. The van der Waals surface area contributed by atoms with Gasteiger partial charge >= 0.3 is 0 Å². The summed E-state index contributed by atoms with van der Waals surface area (Å²) in [5.74, 6) is 1.00. The first kappa shape index (κ1) is 19.6. The third kappa shape index (κ3) is 4.40. The number of rotatable bonds is 6. The van der Waals surface area contributed by atoms with Gasteiger partial charge in [0.2, 0.25) is 10.0 Å². The topological polar surface area (TPSA) is 60.3 Å². The van der Waals surface area contributed by atoms with E-state index in [0.717, 1.165) is 23.1 Å². The second kappa shape index (κ2) is 8.24. The van der Waals surface area contributed by atoms with Gasteiger partial charge in [0, 0.05) is 0 Å². The number of hydrogen-bond donors (Lipinski definition) is 1. The van der Waals surface area contributed by atoms with Crippen LogP contribution >= 0.6 is 0 Å². The van der Waals surface area contributed by atoms with Crippen molar-refractivity contribution >= 4 is 10.0 Å². The molecular formula is C19H24FN2O4S+. The molecule has 0 amide bonds. The molecule has 2 aromatic rings. The Hall–Kier alpha value is -2.16. The van der Waals surface area contributed by atoms with Crippen LogP contribution in [0.4, 0.5) is 4.39 Å². The van der Waals surface area contributed by atoms with Gasteiger partial charge in [0.25, 0.3) is 0 Å². The van der Waals surface area contributed by atoms with Crippen molar-refractivity contribution in [3.8, 4) is 11.5 Å². The summed E-state index contributed by atoms with van der Waals surface area (Å²) in [6.07, 6.45) is 0. The van der Waals surface area contributed by atoms with Gasteiger partial charge in [0.15, 0.2) is 0 Å². The number of ether oxygens (including phenoxy) is 2. The monoisotopic (exact) mass is 395 g/mol. The van der Waals surface area contributed by atoms with E-state index in [-0.39, 0.29) is 4.90 Å². The number of piperazine rings is 1. The van der Waals surface area contributed by atoms with E-state index in [1.54, 1.807) is 14.2 Å². The molecule has 27 heavy (non-hydrogen) atoms. The van der Waals surface area contributed by atoms with E-state index >= 15 is 0 Å². The van der Waals surface area contributed by atoms with E-state index in [0.29, 0.717) is 32.7 Å². The first-order valence-corrected chi connectivity index (χ1v) is 10.2. The molecule has 8 heteroatoms. The molecule has 0 aliphatic carbocycles. The van der Waals surface area contributed by atoms with Crippen molar-refractivity contribution in [2.24, 2.45) is 0 Å². The summed E-state index contributed by atoms with van der Waals surface area (Å²) in [6.45, 7) is 2.82. The van der Waals surface area contributed by atoms with Crippen molar-refractivity contribution in [2.75, 3.05) is 40.4 Å². The van der Waals surface area contributed by atoms with Crippen LogP contribution in [0.15, 0.2) is 47.4 Å². The summed E-state index contributed by atoms with van der Waals surface area (Å²) in [6, 6.07) is 10.8. The molecule has 1 aliphatic rings. The van der Waals surface area contributed by atoms with Crippen LogP contribution in [0.3, 0.4) is 0 Å². The van der Waals surface area contributed by atoms with Crippen LogP contribution in [0.2, 0.25) is 0 Å². The largest absolute Gasteiger partial charge is 0.497 e. The minimum atomic E-state index is -3.67. The number of quaternary nitrogens is 1. The molecule has 1 saturated heterocycles. The van der Waals surface area contributed by atoms with Crippen LogP contribution in [-0.4, -0.2) is 53.1 Å². The summed E-state index contributed by atoms with van der Waals surface area (Å²) in [5.41, 5.74) is 1.02. The molecule has 0 bridgehead atoms. The maximum Gasteiger partial charge on any atom is 0.243 e. The number of nitrogens with one attached hydrogen (secondary N) is 1. The lowest BCUT2D eigenvalue weighted by atomic mass is 10.1. The standard InChI is InChI=1S/C19H23FN2O4S/c1-25-17-6-7-19(26-2)15(12-17)14-21-8-10-22(11-9-21)27(23,24)18-5-3-4-16(20)13-18/h3-7,12-13H,8-11,14H2,1-2H3/p+1. The molecule has 146 valence electrons. The second-order valence-corrected chi connectivity index (χ2v) is 8.40. The first-order chi connectivity index (χ1) is 12.9. The number of nitrogens with zero attached hydrogens (tertiary/aromatic N) is 1. The van der Waals surface area contributed by atoms with E-state index < -0.39 is 15.8 Å². The summed E-state index contributed by atoms with van der Waals surface area (Å²) in [7, 11) is -0.420. The Labute approximate surface area is 159 Å². The first-order valence-electron chi connectivity index (χ1n) is 8.74. The van der Waals surface area contributed by atoms with Crippen molar-refractivity contribution in [3.05, 3.63) is 53.8 Å². The molecule has 1 fully saturated rings. The number of hydrogen-bond acceptors (Lipinski definition) is 4. The average Bonchev–Trinajstić information content (AvgIpc) is 2.68. The SMILES string of the molecule is COc1ccc(OC)c(C[NH+]2CCN(S(=O)(=O)c3cccc(F)c3)CC2)c1. The highest BCUT2D eigenvalue weighted by atomic mass is 32.2. The van der Waals surface area contributed by atoms with Crippen LogP contribution in [0.25, 0.3) is 0 Å². The van der Waals surface area contributed by atoms with Gasteiger partial charge in [-0.25, -0.2) is 12.8 Å². The molecular weight excluding hydrogens is 371 g/mol. The fraction of sp³-hybridized carbons (Fsp3) is 0.368. The summed E-state index contributed by atoms with van der Waals surface area (Å²) >= 11 is 0. The molecule has 6 nitrogen and oxygen atoms in total. The maximum atomic E-state index is 13.4. The fourth-order valence-electron chi connectivity index (χ4n) is 3.29. The van der Waals surface area contributed by atoms with E-state index in [1.807, 2.05) is 18.2 Å². The molecule has 1 heterocycles. The average molecular weight is 395 g/mol. The lowest BCUT2D eigenvalue weighted by Gasteiger charge is -2.31. The molecule has 0 radical (unpaired) electrons. The highest BCUT2D eigenvalue weighted by Crippen LogP contribution is 2.23. The van der Waals surface area contributed by atoms with Crippen LogP contribution in [0, 0.1) is 5.82 Å².